The molecule has 0 heterocycles. The molecule has 0 saturated heterocycles. The second kappa shape index (κ2) is 6.88. The molecule has 3 nitrogen and oxygen atoms in total. The van der Waals surface area contributed by atoms with Gasteiger partial charge in [-0.2, -0.15) is 0 Å². The van der Waals surface area contributed by atoms with E-state index in [1.165, 1.54) is 0 Å². The summed E-state index contributed by atoms with van der Waals surface area (Å²) in [6, 6.07) is 0. The van der Waals surface area contributed by atoms with Crippen molar-refractivity contribution in [3.63, 3.8) is 0 Å². The smallest absolute Gasteiger partial charge is 0.0990 e. The first-order valence-corrected chi connectivity index (χ1v) is 2.95. The van der Waals surface area contributed by atoms with Crippen LogP contribution in [0, 0.1) is 0 Å². The standard InChI is InChI=1S/C5H13NO2/c7-4-1-2-6-3-5-8/h6-8H,1-5H2/p+1. The van der Waals surface area contributed by atoms with Crippen molar-refractivity contribution in [3.05, 3.63) is 0 Å². The van der Waals surface area contributed by atoms with Gasteiger partial charge in [-0.3, -0.25) is 0 Å². The fraction of sp³-hybridized carbons (Fsp3) is 1.00. The van der Waals surface area contributed by atoms with E-state index in [9.17, 15) is 0 Å². The molecular formula is C5H14NO2+. The van der Waals surface area contributed by atoms with E-state index in [1.54, 1.807) is 0 Å². The minimum atomic E-state index is 0.228. The van der Waals surface area contributed by atoms with Crippen LogP contribution in [0.3, 0.4) is 0 Å². The average molecular weight is 120 g/mol. The Labute approximate surface area is 49.3 Å². The van der Waals surface area contributed by atoms with Gasteiger partial charge in [0.1, 0.15) is 0 Å². The van der Waals surface area contributed by atoms with Crippen molar-refractivity contribution < 1.29 is 15.5 Å². The minimum absolute atomic E-state index is 0.228. The van der Waals surface area contributed by atoms with E-state index in [4.69, 9.17) is 10.2 Å². The Morgan fingerprint density at radius 1 is 1.00 bits per heavy atom. The first kappa shape index (κ1) is 7.88. The van der Waals surface area contributed by atoms with Gasteiger partial charge in [-0.15, -0.1) is 0 Å². The van der Waals surface area contributed by atoms with E-state index in [-0.39, 0.29) is 13.2 Å². The van der Waals surface area contributed by atoms with Crippen molar-refractivity contribution in [2.45, 2.75) is 6.42 Å². The highest BCUT2D eigenvalue weighted by atomic mass is 16.3. The molecule has 50 valence electrons. The van der Waals surface area contributed by atoms with Crippen molar-refractivity contribution in [1.82, 2.24) is 0 Å². The number of rotatable bonds is 5. The van der Waals surface area contributed by atoms with E-state index < -0.39 is 0 Å². The van der Waals surface area contributed by atoms with Crippen LogP contribution in [-0.4, -0.2) is 36.5 Å². The highest BCUT2D eigenvalue weighted by Gasteiger charge is 1.85. The van der Waals surface area contributed by atoms with Crippen LogP contribution in [0.1, 0.15) is 6.42 Å². The molecule has 3 heteroatoms. The van der Waals surface area contributed by atoms with Gasteiger partial charge in [0.05, 0.1) is 19.7 Å². The summed E-state index contributed by atoms with van der Waals surface area (Å²) >= 11 is 0. The average Bonchev–Trinajstić information content (AvgIpc) is 1.81. The summed E-state index contributed by atoms with van der Waals surface area (Å²) in [4.78, 5) is 0. The first-order valence-electron chi connectivity index (χ1n) is 2.95. The zero-order chi connectivity index (χ0) is 6.24. The lowest BCUT2D eigenvalue weighted by Gasteiger charge is -1.94. The third kappa shape index (κ3) is 5.88. The topological polar surface area (TPSA) is 57.1 Å². The van der Waals surface area contributed by atoms with Crippen LogP contribution in [0.5, 0.6) is 0 Å². The molecular weight excluding hydrogens is 106 g/mol. The van der Waals surface area contributed by atoms with Crippen LogP contribution >= 0.6 is 0 Å². The molecule has 0 fully saturated rings. The molecule has 4 N–H and O–H groups in total. The molecule has 0 atom stereocenters. The molecule has 0 aromatic heterocycles. The largest absolute Gasteiger partial charge is 0.396 e. The predicted molar refractivity (Wildman–Crippen MR) is 30.4 cm³/mol. The van der Waals surface area contributed by atoms with Gasteiger partial charge < -0.3 is 15.5 Å². The molecule has 0 unspecified atom stereocenters. The fourth-order valence-electron chi connectivity index (χ4n) is 0.471. The Kier molecular flexibility index (Phi) is 6.78. The zero-order valence-electron chi connectivity index (χ0n) is 5.01. The molecule has 0 amide bonds. The number of hydrogen-bond acceptors (Lipinski definition) is 2. The maximum absolute atomic E-state index is 8.28. The second-order valence-electron chi connectivity index (χ2n) is 1.67. The van der Waals surface area contributed by atoms with Gasteiger partial charge in [-0.05, 0) is 0 Å². The van der Waals surface area contributed by atoms with Crippen LogP contribution < -0.4 is 5.32 Å². The molecule has 0 radical (unpaired) electrons. The highest BCUT2D eigenvalue weighted by molar-refractivity contribution is 4.24. The highest BCUT2D eigenvalue weighted by Crippen LogP contribution is 1.62. The lowest BCUT2D eigenvalue weighted by molar-refractivity contribution is -0.656. The molecule has 0 aliphatic carbocycles. The quantitative estimate of drug-likeness (QED) is 0.365. The van der Waals surface area contributed by atoms with E-state index in [0.717, 1.165) is 19.5 Å². The normalized spacial score (nSPS) is 9.75. The van der Waals surface area contributed by atoms with Crippen LogP contribution in [0.2, 0.25) is 0 Å². The van der Waals surface area contributed by atoms with E-state index in [2.05, 4.69) is 0 Å². The summed E-state index contributed by atoms with van der Waals surface area (Å²) in [5.74, 6) is 0. The number of aliphatic hydroxyl groups is 2. The lowest BCUT2D eigenvalue weighted by Crippen LogP contribution is -2.85. The Balaban J connectivity index is 2.53. The molecule has 0 spiro atoms. The summed E-state index contributed by atoms with van der Waals surface area (Å²) in [5, 5.41) is 18.5. The third-order valence-corrected chi connectivity index (χ3v) is 0.900. The third-order valence-electron chi connectivity index (χ3n) is 0.900. The molecule has 8 heavy (non-hydrogen) atoms. The van der Waals surface area contributed by atoms with Gasteiger partial charge in [0, 0.05) is 13.0 Å². The Bertz CT molecular complexity index is 35.4. The second-order valence-corrected chi connectivity index (χ2v) is 1.67. The van der Waals surface area contributed by atoms with Crippen molar-refractivity contribution in [3.8, 4) is 0 Å². The summed E-state index contributed by atoms with van der Waals surface area (Å²) in [6.45, 7) is 2.14. The zero-order valence-corrected chi connectivity index (χ0v) is 5.01. The number of hydrogen-bond donors (Lipinski definition) is 3. The SMILES string of the molecule is OCCC[NH2+]CCO. The van der Waals surface area contributed by atoms with Gasteiger partial charge in [0.15, 0.2) is 0 Å². The summed E-state index contributed by atoms with van der Waals surface area (Å²) in [5.41, 5.74) is 0. The Morgan fingerprint density at radius 2 is 1.75 bits per heavy atom. The maximum atomic E-state index is 8.28. The van der Waals surface area contributed by atoms with E-state index in [1.807, 2.05) is 5.32 Å². The van der Waals surface area contributed by atoms with Gasteiger partial charge in [-0.1, -0.05) is 0 Å². The van der Waals surface area contributed by atoms with Crippen molar-refractivity contribution in [2.75, 3.05) is 26.3 Å². The van der Waals surface area contributed by atoms with Crippen molar-refractivity contribution >= 4 is 0 Å². The monoisotopic (exact) mass is 120 g/mol. The van der Waals surface area contributed by atoms with E-state index in [0.29, 0.717) is 0 Å². The van der Waals surface area contributed by atoms with Gasteiger partial charge >= 0.3 is 0 Å². The predicted octanol–water partition coefficient (Wildman–Crippen LogP) is -2.08. The Hall–Kier alpha value is -0.120. The first-order chi connectivity index (χ1) is 3.91. The number of aliphatic hydroxyl groups excluding tert-OH is 2. The Morgan fingerprint density at radius 3 is 2.25 bits per heavy atom. The van der Waals surface area contributed by atoms with Crippen LogP contribution in [-0.2, 0) is 0 Å². The minimum Gasteiger partial charge on any atom is -0.396 e. The van der Waals surface area contributed by atoms with Gasteiger partial charge in [0.2, 0.25) is 0 Å². The van der Waals surface area contributed by atoms with Crippen molar-refractivity contribution in [2.24, 2.45) is 0 Å². The maximum Gasteiger partial charge on any atom is 0.0990 e. The summed E-state index contributed by atoms with van der Waals surface area (Å²) in [7, 11) is 0. The van der Waals surface area contributed by atoms with Crippen molar-refractivity contribution in [1.29, 1.82) is 0 Å². The fourth-order valence-corrected chi connectivity index (χ4v) is 0.471. The number of quaternary nitrogens is 1. The molecule has 0 aromatic rings. The molecule has 0 aliphatic rings. The van der Waals surface area contributed by atoms with Crippen LogP contribution in [0.15, 0.2) is 0 Å². The molecule has 0 bridgehead atoms. The van der Waals surface area contributed by atoms with E-state index >= 15 is 0 Å². The van der Waals surface area contributed by atoms with Gasteiger partial charge in [0.25, 0.3) is 0 Å². The lowest BCUT2D eigenvalue weighted by atomic mass is 10.4. The molecule has 0 rings (SSSR count). The number of nitrogens with two attached hydrogens (primary N) is 1. The van der Waals surface area contributed by atoms with Gasteiger partial charge in [-0.25, -0.2) is 0 Å². The molecule has 0 aromatic carbocycles. The summed E-state index contributed by atoms with van der Waals surface area (Å²) in [6.07, 6.45) is 0.819. The van der Waals surface area contributed by atoms with Crippen LogP contribution in [0.4, 0.5) is 0 Å². The molecule has 0 saturated carbocycles. The molecule has 0 aliphatic heterocycles. The summed E-state index contributed by atoms with van der Waals surface area (Å²) < 4.78 is 0. The van der Waals surface area contributed by atoms with Crippen LogP contribution in [0.25, 0.3) is 0 Å².